The van der Waals surface area contributed by atoms with Crippen molar-refractivity contribution in [3.63, 3.8) is 0 Å². The molecule has 132 valence electrons. The largest absolute Gasteiger partial charge is 0.459 e. The highest BCUT2D eigenvalue weighted by Crippen LogP contribution is 2.23. The number of aryl methyl sites for hydroxylation is 1. The number of rotatable bonds is 4. The Kier molecular flexibility index (Phi) is 3.88. The number of furan rings is 1. The van der Waals surface area contributed by atoms with Gasteiger partial charge >= 0.3 is 5.69 Å². The summed E-state index contributed by atoms with van der Waals surface area (Å²) in [6, 6.07) is 16.8. The minimum atomic E-state index is -0.291. The molecule has 2 aromatic heterocycles. The SMILES string of the molecule is C[C@@H](NC(=O)Cn1c(=O)n(C)c2ccccc21)c1cc2ccccc2o1. The quantitative estimate of drug-likeness (QED) is 0.616. The van der Waals surface area contributed by atoms with E-state index in [1.165, 1.54) is 4.57 Å². The highest BCUT2D eigenvalue weighted by atomic mass is 16.3. The fraction of sp³-hybridized carbons (Fsp3) is 0.200. The number of nitrogens with one attached hydrogen (secondary N) is 1. The molecule has 4 aromatic rings. The van der Waals surface area contributed by atoms with Crippen LogP contribution in [0.5, 0.6) is 0 Å². The number of hydrogen-bond acceptors (Lipinski definition) is 3. The number of benzene rings is 2. The minimum absolute atomic E-state index is 0.0369. The van der Waals surface area contributed by atoms with Crippen LogP contribution in [-0.4, -0.2) is 15.0 Å². The number of amides is 1. The van der Waals surface area contributed by atoms with Gasteiger partial charge in [0.25, 0.3) is 0 Å². The standard InChI is InChI=1S/C20H19N3O3/c1-13(18-11-14-7-3-6-10-17(14)26-18)21-19(24)12-23-16-9-5-4-8-15(16)22(2)20(23)25/h3-11,13H,12H2,1-2H3,(H,21,24)/t13-/m1/s1. The van der Waals surface area contributed by atoms with Gasteiger partial charge in [0, 0.05) is 12.4 Å². The van der Waals surface area contributed by atoms with E-state index in [-0.39, 0.29) is 24.2 Å². The van der Waals surface area contributed by atoms with E-state index in [0.717, 1.165) is 22.0 Å². The highest BCUT2D eigenvalue weighted by Gasteiger charge is 2.17. The third kappa shape index (κ3) is 2.69. The van der Waals surface area contributed by atoms with Crippen LogP contribution >= 0.6 is 0 Å². The third-order valence-corrected chi connectivity index (χ3v) is 4.60. The second-order valence-corrected chi connectivity index (χ2v) is 6.39. The molecule has 0 saturated carbocycles. The first-order chi connectivity index (χ1) is 12.5. The maximum absolute atomic E-state index is 12.5. The lowest BCUT2D eigenvalue weighted by atomic mass is 10.2. The molecular formula is C20H19N3O3. The molecule has 2 aromatic carbocycles. The van der Waals surface area contributed by atoms with Crippen molar-refractivity contribution >= 4 is 27.9 Å². The molecule has 1 amide bonds. The first-order valence-electron chi connectivity index (χ1n) is 8.46. The molecule has 1 N–H and O–H groups in total. The summed E-state index contributed by atoms with van der Waals surface area (Å²) in [5.74, 6) is 0.446. The topological polar surface area (TPSA) is 69.2 Å². The molecule has 0 saturated heterocycles. The molecule has 0 radical (unpaired) electrons. The van der Waals surface area contributed by atoms with Crippen molar-refractivity contribution in [3.8, 4) is 0 Å². The van der Waals surface area contributed by atoms with Crippen LogP contribution in [0.3, 0.4) is 0 Å². The Morgan fingerprint density at radius 3 is 2.58 bits per heavy atom. The Bertz CT molecular complexity index is 1130. The molecule has 6 nitrogen and oxygen atoms in total. The predicted molar refractivity (Wildman–Crippen MR) is 100.0 cm³/mol. The normalized spacial score (nSPS) is 12.5. The van der Waals surface area contributed by atoms with E-state index in [1.54, 1.807) is 11.6 Å². The van der Waals surface area contributed by atoms with Crippen LogP contribution in [-0.2, 0) is 18.4 Å². The van der Waals surface area contributed by atoms with Crippen molar-refractivity contribution in [2.24, 2.45) is 7.05 Å². The molecule has 6 heteroatoms. The van der Waals surface area contributed by atoms with Crippen LogP contribution in [0.15, 0.2) is 63.8 Å². The van der Waals surface area contributed by atoms with Crippen LogP contribution in [0.25, 0.3) is 22.0 Å². The Morgan fingerprint density at radius 2 is 1.81 bits per heavy atom. The number of fused-ring (bicyclic) bond motifs is 2. The van der Waals surface area contributed by atoms with E-state index in [2.05, 4.69) is 5.32 Å². The number of imidazole rings is 1. The van der Waals surface area contributed by atoms with Gasteiger partial charge in [-0.25, -0.2) is 4.79 Å². The third-order valence-electron chi connectivity index (χ3n) is 4.60. The molecule has 0 fully saturated rings. The average molecular weight is 349 g/mol. The van der Waals surface area contributed by atoms with E-state index in [0.29, 0.717) is 5.76 Å². The summed E-state index contributed by atoms with van der Waals surface area (Å²) < 4.78 is 8.82. The van der Waals surface area contributed by atoms with Gasteiger partial charge in [-0.3, -0.25) is 13.9 Å². The van der Waals surface area contributed by atoms with Gasteiger partial charge in [0.15, 0.2) is 0 Å². The van der Waals surface area contributed by atoms with Crippen molar-refractivity contribution in [1.82, 2.24) is 14.5 Å². The highest BCUT2D eigenvalue weighted by molar-refractivity contribution is 5.81. The molecule has 26 heavy (non-hydrogen) atoms. The smallest absolute Gasteiger partial charge is 0.329 e. The van der Waals surface area contributed by atoms with Crippen molar-refractivity contribution < 1.29 is 9.21 Å². The second kappa shape index (κ2) is 6.22. The Morgan fingerprint density at radius 1 is 1.12 bits per heavy atom. The van der Waals surface area contributed by atoms with Crippen molar-refractivity contribution in [3.05, 3.63) is 70.8 Å². The Balaban J connectivity index is 1.56. The van der Waals surface area contributed by atoms with E-state index in [4.69, 9.17) is 4.42 Å². The van der Waals surface area contributed by atoms with Crippen LogP contribution in [0.2, 0.25) is 0 Å². The van der Waals surface area contributed by atoms with E-state index >= 15 is 0 Å². The second-order valence-electron chi connectivity index (χ2n) is 6.39. The molecule has 0 spiro atoms. The zero-order valence-corrected chi connectivity index (χ0v) is 14.6. The number of carbonyl (C=O) groups is 1. The lowest BCUT2D eigenvalue weighted by Crippen LogP contribution is -2.33. The summed E-state index contributed by atoms with van der Waals surface area (Å²) in [5, 5.41) is 3.90. The van der Waals surface area contributed by atoms with Gasteiger partial charge < -0.3 is 9.73 Å². The Labute approximate surface area is 149 Å². The molecule has 4 rings (SSSR count). The molecule has 2 heterocycles. The van der Waals surface area contributed by atoms with Crippen LogP contribution < -0.4 is 11.0 Å². The summed E-state index contributed by atoms with van der Waals surface area (Å²) in [7, 11) is 1.70. The summed E-state index contributed by atoms with van der Waals surface area (Å²) in [4.78, 5) is 24.9. The number of para-hydroxylation sites is 3. The first-order valence-corrected chi connectivity index (χ1v) is 8.46. The maximum Gasteiger partial charge on any atom is 0.329 e. The molecule has 0 aliphatic heterocycles. The summed E-state index contributed by atoms with van der Waals surface area (Å²) in [6.07, 6.45) is 0. The summed E-state index contributed by atoms with van der Waals surface area (Å²) in [5.41, 5.74) is 2.12. The zero-order chi connectivity index (χ0) is 18.3. The summed E-state index contributed by atoms with van der Waals surface area (Å²) >= 11 is 0. The van der Waals surface area contributed by atoms with Gasteiger partial charge in [-0.2, -0.15) is 0 Å². The monoisotopic (exact) mass is 349 g/mol. The fourth-order valence-electron chi connectivity index (χ4n) is 3.23. The predicted octanol–water partition coefficient (Wildman–Crippen LogP) is 2.96. The Hall–Kier alpha value is -3.28. The lowest BCUT2D eigenvalue weighted by Gasteiger charge is -2.11. The molecule has 1 atom stereocenters. The van der Waals surface area contributed by atoms with Gasteiger partial charge in [0.2, 0.25) is 5.91 Å². The van der Waals surface area contributed by atoms with Crippen molar-refractivity contribution in [1.29, 1.82) is 0 Å². The van der Waals surface area contributed by atoms with Crippen LogP contribution in [0, 0.1) is 0 Å². The number of carbonyl (C=O) groups excluding carboxylic acids is 1. The van der Waals surface area contributed by atoms with Gasteiger partial charge in [-0.05, 0) is 31.2 Å². The molecule has 0 aliphatic rings. The first kappa shape index (κ1) is 16.2. The van der Waals surface area contributed by atoms with Crippen LogP contribution in [0.4, 0.5) is 0 Å². The number of aromatic nitrogens is 2. The van der Waals surface area contributed by atoms with E-state index in [1.807, 2.05) is 61.5 Å². The van der Waals surface area contributed by atoms with Crippen molar-refractivity contribution in [2.45, 2.75) is 19.5 Å². The van der Waals surface area contributed by atoms with Gasteiger partial charge in [0.1, 0.15) is 17.9 Å². The lowest BCUT2D eigenvalue weighted by molar-refractivity contribution is -0.122. The van der Waals surface area contributed by atoms with Gasteiger partial charge in [-0.1, -0.05) is 30.3 Å². The maximum atomic E-state index is 12.5. The van der Waals surface area contributed by atoms with Gasteiger partial charge in [0.05, 0.1) is 17.1 Å². The molecule has 0 aliphatic carbocycles. The molecule has 0 bridgehead atoms. The number of nitrogens with zero attached hydrogens (tertiary/aromatic N) is 2. The fourth-order valence-corrected chi connectivity index (χ4v) is 3.23. The van der Waals surface area contributed by atoms with Crippen LogP contribution in [0.1, 0.15) is 18.7 Å². The average Bonchev–Trinajstić information content (AvgIpc) is 3.18. The number of hydrogen-bond donors (Lipinski definition) is 1. The summed E-state index contributed by atoms with van der Waals surface area (Å²) in [6.45, 7) is 1.83. The molecule has 0 unspecified atom stereocenters. The molecular weight excluding hydrogens is 330 g/mol. The zero-order valence-electron chi connectivity index (χ0n) is 14.6. The minimum Gasteiger partial charge on any atom is -0.459 e. The van der Waals surface area contributed by atoms with E-state index < -0.39 is 0 Å². The van der Waals surface area contributed by atoms with E-state index in [9.17, 15) is 9.59 Å². The van der Waals surface area contributed by atoms with Gasteiger partial charge in [-0.15, -0.1) is 0 Å². The van der Waals surface area contributed by atoms with Crippen molar-refractivity contribution in [2.75, 3.05) is 0 Å².